The number of para-hydroxylation sites is 4. The molecule has 4 aliphatic rings. The number of anilines is 3. The molecule has 0 fully saturated rings. The van der Waals surface area contributed by atoms with Gasteiger partial charge in [-0.25, -0.2) is 0 Å². The van der Waals surface area contributed by atoms with Gasteiger partial charge in [-0.3, -0.25) is 0 Å². The summed E-state index contributed by atoms with van der Waals surface area (Å²) in [7, 11) is -1.92. The van der Waals surface area contributed by atoms with Gasteiger partial charge in [-0.2, -0.15) is 0 Å². The van der Waals surface area contributed by atoms with Crippen LogP contribution in [-0.4, -0.2) is 14.8 Å². The average Bonchev–Trinajstić information content (AvgIpc) is 3.03. The quantitative estimate of drug-likeness (QED) is 0.183. The van der Waals surface area contributed by atoms with E-state index in [1.165, 1.54) is 49.3 Å². The molecule has 3 aliphatic heterocycles. The van der Waals surface area contributed by atoms with E-state index in [4.69, 9.17) is 9.47 Å². The summed E-state index contributed by atoms with van der Waals surface area (Å²) >= 11 is 0. The molecule has 3 nitrogen and oxygen atoms in total. The molecule has 0 atom stereocenters. The van der Waals surface area contributed by atoms with Crippen LogP contribution in [0.3, 0.4) is 0 Å². The molecule has 5 heteroatoms. The summed E-state index contributed by atoms with van der Waals surface area (Å²) in [5, 5.41) is 2.91. The molecular weight excluding hydrogens is 565 g/mol. The number of benzene rings is 5. The summed E-state index contributed by atoms with van der Waals surface area (Å²) in [4.78, 5) is 2.48. The van der Waals surface area contributed by atoms with Gasteiger partial charge in [0.15, 0.2) is 0 Å². The zero-order chi connectivity index (χ0) is 30.9. The van der Waals surface area contributed by atoms with E-state index in [1.807, 2.05) is 0 Å². The van der Waals surface area contributed by atoms with Crippen molar-refractivity contribution in [1.82, 2.24) is 0 Å². The Kier molecular flexibility index (Phi) is 5.39. The standard InChI is InChI=1S/C40H38BNO2Si/c1-39(2)22-23-40(3,4)35-25(39)24-32-36-38(35)44-37-27(41(36)26-14-7-10-19-31(26)43-32)15-13-18-30(37)42-28-16-8-11-20-33(28)45(5,6)34-21-12-9-17-29(34)42/h7-21,24H,22-23H2,1-6H3. The van der Waals surface area contributed by atoms with Crippen LogP contribution in [0.1, 0.15) is 51.7 Å². The molecule has 0 bridgehead atoms. The first-order valence-corrected chi connectivity index (χ1v) is 19.4. The zero-order valence-corrected chi connectivity index (χ0v) is 28.0. The third-order valence-corrected chi connectivity index (χ3v) is 14.8. The first-order valence-electron chi connectivity index (χ1n) is 16.4. The maximum Gasteiger partial charge on any atom is 0.260 e. The normalized spacial score (nSPS) is 18.6. The molecule has 0 radical (unpaired) electrons. The van der Waals surface area contributed by atoms with Crippen molar-refractivity contribution in [1.29, 1.82) is 0 Å². The van der Waals surface area contributed by atoms with Crippen molar-refractivity contribution in [2.24, 2.45) is 0 Å². The van der Waals surface area contributed by atoms with E-state index in [-0.39, 0.29) is 17.5 Å². The first-order chi connectivity index (χ1) is 21.6. The summed E-state index contributed by atoms with van der Waals surface area (Å²) in [5.74, 6) is 3.84. The molecular formula is C40H38BNO2Si. The Labute approximate surface area is 267 Å². The zero-order valence-electron chi connectivity index (χ0n) is 27.0. The van der Waals surface area contributed by atoms with Crippen LogP contribution in [0.15, 0.2) is 97.1 Å². The minimum Gasteiger partial charge on any atom is -0.458 e. The Bertz CT molecular complexity index is 2030. The molecule has 0 amide bonds. The van der Waals surface area contributed by atoms with E-state index in [2.05, 4.69) is 143 Å². The molecule has 1 aliphatic carbocycles. The summed E-state index contributed by atoms with van der Waals surface area (Å²) in [6.45, 7) is 14.5. The molecule has 0 saturated carbocycles. The van der Waals surface area contributed by atoms with Gasteiger partial charge in [0.2, 0.25) is 0 Å². The summed E-state index contributed by atoms with van der Waals surface area (Å²) in [6, 6.07) is 35.7. The molecule has 0 saturated heterocycles. The van der Waals surface area contributed by atoms with Crippen molar-refractivity contribution >= 4 is 58.6 Å². The van der Waals surface area contributed by atoms with E-state index < -0.39 is 8.07 Å². The SMILES string of the molecule is CC1(C)CCC(C)(C)c2c1cc1c3c2Oc2c(cccc2N2c4ccccc4[Si](C)(C)c4ccccc42)B3c2ccccc2O1. The maximum atomic E-state index is 7.42. The molecule has 45 heavy (non-hydrogen) atoms. The van der Waals surface area contributed by atoms with Crippen LogP contribution in [0.5, 0.6) is 23.0 Å². The maximum absolute atomic E-state index is 7.42. The minimum absolute atomic E-state index is 0.0240. The van der Waals surface area contributed by atoms with E-state index in [0.717, 1.165) is 41.5 Å². The summed E-state index contributed by atoms with van der Waals surface area (Å²) in [6.07, 6.45) is 2.25. The van der Waals surface area contributed by atoms with Crippen LogP contribution in [0.25, 0.3) is 0 Å². The lowest BCUT2D eigenvalue weighted by Gasteiger charge is -2.46. The number of hydrogen-bond donors (Lipinski definition) is 0. The lowest BCUT2D eigenvalue weighted by Crippen LogP contribution is -2.59. The molecule has 9 rings (SSSR count). The summed E-state index contributed by atoms with van der Waals surface area (Å²) < 4.78 is 14.2. The van der Waals surface area contributed by atoms with Gasteiger partial charge in [-0.15, -0.1) is 0 Å². The van der Waals surface area contributed by atoms with Crippen molar-refractivity contribution in [3.8, 4) is 23.0 Å². The van der Waals surface area contributed by atoms with Gasteiger partial charge in [-0.05, 0) is 80.9 Å². The lowest BCUT2D eigenvalue weighted by atomic mass is 9.34. The smallest absolute Gasteiger partial charge is 0.260 e. The Hall–Kier alpha value is -4.22. The fourth-order valence-corrected chi connectivity index (χ4v) is 11.7. The van der Waals surface area contributed by atoms with Crippen molar-refractivity contribution in [3.63, 3.8) is 0 Å². The third-order valence-electron chi connectivity index (χ3n) is 11.2. The Balaban J connectivity index is 1.36. The molecule has 3 heterocycles. The highest BCUT2D eigenvalue weighted by atomic mass is 28.3. The molecule has 5 aromatic carbocycles. The highest BCUT2D eigenvalue weighted by Crippen LogP contribution is 2.54. The predicted octanol–water partition coefficient (Wildman–Crippen LogP) is 7.37. The van der Waals surface area contributed by atoms with E-state index in [9.17, 15) is 0 Å². The van der Waals surface area contributed by atoms with Crippen molar-refractivity contribution in [2.45, 2.75) is 64.5 Å². The number of nitrogens with zero attached hydrogens (tertiary/aromatic N) is 1. The van der Waals surface area contributed by atoms with Gasteiger partial charge in [0, 0.05) is 22.4 Å². The van der Waals surface area contributed by atoms with Crippen LogP contribution >= 0.6 is 0 Å². The lowest BCUT2D eigenvalue weighted by molar-refractivity contribution is 0.318. The Morgan fingerprint density at radius 3 is 1.96 bits per heavy atom. The van der Waals surface area contributed by atoms with Crippen LogP contribution in [-0.2, 0) is 10.8 Å². The van der Waals surface area contributed by atoms with E-state index in [0.29, 0.717) is 0 Å². The van der Waals surface area contributed by atoms with Crippen molar-refractivity contribution in [2.75, 3.05) is 4.90 Å². The minimum atomic E-state index is -1.92. The molecule has 0 N–H and O–H groups in total. The number of rotatable bonds is 1. The van der Waals surface area contributed by atoms with Gasteiger partial charge < -0.3 is 14.4 Å². The van der Waals surface area contributed by atoms with Crippen LogP contribution in [0.2, 0.25) is 13.1 Å². The van der Waals surface area contributed by atoms with Crippen molar-refractivity contribution < 1.29 is 9.47 Å². The molecule has 0 spiro atoms. The van der Waals surface area contributed by atoms with Gasteiger partial charge in [0.05, 0.1) is 5.69 Å². The van der Waals surface area contributed by atoms with Crippen LogP contribution in [0, 0.1) is 0 Å². The van der Waals surface area contributed by atoms with E-state index >= 15 is 0 Å². The van der Waals surface area contributed by atoms with Gasteiger partial charge in [0.1, 0.15) is 31.1 Å². The number of fused-ring (bicyclic) bond motifs is 8. The summed E-state index contributed by atoms with van der Waals surface area (Å²) in [5.41, 5.74) is 9.90. The van der Waals surface area contributed by atoms with E-state index in [1.54, 1.807) is 0 Å². The second kappa shape index (κ2) is 8.95. The molecule has 222 valence electrons. The largest absolute Gasteiger partial charge is 0.458 e. The van der Waals surface area contributed by atoms with Gasteiger partial charge >= 0.3 is 0 Å². The second-order valence-electron chi connectivity index (χ2n) is 15.2. The highest BCUT2D eigenvalue weighted by Gasteiger charge is 2.48. The van der Waals surface area contributed by atoms with Crippen LogP contribution in [0.4, 0.5) is 17.1 Å². The molecule has 0 aromatic heterocycles. The number of ether oxygens (including phenoxy) is 2. The van der Waals surface area contributed by atoms with Crippen molar-refractivity contribution in [3.05, 3.63) is 108 Å². The van der Waals surface area contributed by atoms with Gasteiger partial charge in [0.25, 0.3) is 6.71 Å². The first kappa shape index (κ1) is 27.1. The average molecular weight is 604 g/mol. The second-order valence-corrected chi connectivity index (χ2v) is 19.5. The molecule has 5 aromatic rings. The predicted molar refractivity (Wildman–Crippen MR) is 191 cm³/mol. The fraction of sp³-hybridized carbons (Fsp3) is 0.250. The van der Waals surface area contributed by atoms with Crippen LogP contribution < -0.4 is 41.1 Å². The third kappa shape index (κ3) is 3.59. The Morgan fingerprint density at radius 1 is 0.622 bits per heavy atom. The van der Waals surface area contributed by atoms with Gasteiger partial charge in [-0.1, -0.05) is 108 Å². The monoisotopic (exact) mass is 603 g/mol. The number of hydrogen-bond acceptors (Lipinski definition) is 3. The highest BCUT2D eigenvalue weighted by molar-refractivity contribution is 7.02. The molecule has 0 unspecified atom stereocenters. The topological polar surface area (TPSA) is 21.7 Å². The fourth-order valence-electron chi connectivity index (χ4n) is 8.70. The Morgan fingerprint density at radius 2 is 1.22 bits per heavy atom.